The molecule has 2 aromatic carbocycles. The van der Waals surface area contributed by atoms with Crippen molar-refractivity contribution >= 4 is 29.3 Å². The SMILES string of the molecule is NC1CCN(C(=O)Nc2cnccc2Oc2ccc(NC(=O)NC(=O)Cc3ccc(F)cc3)cc2F)CC1. The van der Waals surface area contributed by atoms with Crippen LogP contribution < -0.4 is 26.4 Å². The van der Waals surface area contributed by atoms with Gasteiger partial charge >= 0.3 is 12.1 Å². The van der Waals surface area contributed by atoms with Gasteiger partial charge in [0, 0.05) is 43.1 Å². The summed E-state index contributed by atoms with van der Waals surface area (Å²) in [4.78, 5) is 42.4. The number of urea groups is 2. The third-order valence-electron chi connectivity index (χ3n) is 5.79. The summed E-state index contributed by atoms with van der Waals surface area (Å²) in [5.41, 5.74) is 6.75. The zero-order valence-electron chi connectivity index (χ0n) is 20.2. The largest absolute Gasteiger partial charge is 0.452 e. The Kier molecular flexibility index (Phi) is 8.44. The van der Waals surface area contributed by atoms with Gasteiger partial charge in [-0.25, -0.2) is 18.4 Å². The third-order valence-corrected chi connectivity index (χ3v) is 5.79. The molecule has 4 rings (SSSR count). The molecule has 0 atom stereocenters. The quantitative estimate of drug-likeness (QED) is 0.385. The fourth-order valence-corrected chi connectivity index (χ4v) is 3.76. The van der Waals surface area contributed by atoms with E-state index in [4.69, 9.17) is 10.5 Å². The second kappa shape index (κ2) is 12.1. The Bertz CT molecular complexity index is 1310. The lowest BCUT2D eigenvalue weighted by atomic mass is 10.1. The highest BCUT2D eigenvalue weighted by atomic mass is 19.1. The topological polar surface area (TPSA) is 139 Å². The molecule has 1 aliphatic heterocycles. The van der Waals surface area contributed by atoms with Crippen molar-refractivity contribution in [1.82, 2.24) is 15.2 Å². The van der Waals surface area contributed by atoms with Gasteiger partial charge in [-0.3, -0.25) is 15.1 Å². The van der Waals surface area contributed by atoms with E-state index in [0.717, 1.165) is 6.07 Å². The summed E-state index contributed by atoms with van der Waals surface area (Å²) in [5.74, 6) is -1.83. The average molecular weight is 525 g/mol. The van der Waals surface area contributed by atoms with Gasteiger partial charge in [-0.1, -0.05) is 12.1 Å². The molecule has 0 saturated carbocycles. The first-order valence-electron chi connectivity index (χ1n) is 11.8. The highest BCUT2D eigenvalue weighted by Crippen LogP contribution is 2.31. The third kappa shape index (κ3) is 7.23. The summed E-state index contributed by atoms with van der Waals surface area (Å²) in [7, 11) is 0. The number of hydrogen-bond donors (Lipinski definition) is 4. The van der Waals surface area contributed by atoms with E-state index >= 15 is 0 Å². The molecule has 2 heterocycles. The van der Waals surface area contributed by atoms with E-state index in [0.29, 0.717) is 31.5 Å². The Morgan fingerprint density at radius 1 is 1.00 bits per heavy atom. The van der Waals surface area contributed by atoms with Crippen molar-refractivity contribution in [3.63, 3.8) is 0 Å². The molecular weight excluding hydrogens is 498 g/mol. The minimum Gasteiger partial charge on any atom is -0.452 e. The number of piperidine rings is 1. The van der Waals surface area contributed by atoms with Crippen molar-refractivity contribution < 1.29 is 27.9 Å². The number of carbonyl (C=O) groups is 3. The Labute approximate surface area is 217 Å². The molecule has 0 spiro atoms. The summed E-state index contributed by atoms with van der Waals surface area (Å²) in [6.45, 7) is 1.05. The number of rotatable bonds is 6. The molecule has 0 aliphatic carbocycles. The number of amides is 5. The van der Waals surface area contributed by atoms with Crippen LogP contribution in [0.5, 0.6) is 11.5 Å². The van der Waals surface area contributed by atoms with Gasteiger partial charge in [0.25, 0.3) is 0 Å². The first-order chi connectivity index (χ1) is 18.3. The smallest absolute Gasteiger partial charge is 0.325 e. The molecule has 3 aromatic rings. The van der Waals surface area contributed by atoms with Gasteiger partial charge in [-0.15, -0.1) is 0 Å². The maximum atomic E-state index is 14.8. The van der Waals surface area contributed by atoms with Gasteiger partial charge < -0.3 is 26.0 Å². The number of carbonyl (C=O) groups excluding carboxylic acids is 3. The number of ether oxygens (including phenoxy) is 1. The van der Waals surface area contributed by atoms with Gasteiger partial charge in [-0.05, 0) is 42.7 Å². The minimum absolute atomic E-state index is 0.0739. The second-order valence-corrected chi connectivity index (χ2v) is 8.68. The van der Waals surface area contributed by atoms with Crippen LogP contribution in [0.1, 0.15) is 18.4 Å². The molecule has 0 radical (unpaired) electrons. The zero-order valence-corrected chi connectivity index (χ0v) is 20.2. The number of imide groups is 1. The molecule has 198 valence electrons. The van der Waals surface area contributed by atoms with Crippen LogP contribution in [0.4, 0.5) is 29.7 Å². The predicted molar refractivity (Wildman–Crippen MR) is 136 cm³/mol. The highest BCUT2D eigenvalue weighted by Gasteiger charge is 2.22. The highest BCUT2D eigenvalue weighted by molar-refractivity contribution is 6.01. The van der Waals surface area contributed by atoms with Crippen LogP contribution in [0.3, 0.4) is 0 Å². The number of anilines is 2. The molecule has 12 heteroatoms. The second-order valence-electron chi connectivity index (χ2n) is 8.68. The predicted octanol–water partition coefficient (Wildman–Crippen LogP) is 4.00. The van der Waals surface area contributed by atoms with Crippen molar-refractivity contribution in [2.45, 2.75) is 25.3 Å². The maximum Gasteiger partial charge on any atom is 0.325 e. The number of pyridine rings is 1. The number of nitrogens with one attached hydrogen (secondary N) is 3. The van der Waals surface area contributed by atoms with Gasteiger partial charge in [0.2, 0.25) is 5.91 Å². The van der Waals surface area contributed by atoms with Gasteiger partial charge in [0.05, 0.1) is 12.6 Å². The van der Waals surface area contributed by atoms with Crippen molar-refractivity contribution in [2.75, 3.05) is 23.7 Å². The Hall–Kier alpha value is -4.58. The van der Waals surface area contributed by atoms with Crippen LogP contribution in [-0.2, 0) is 11.2 Å². The van der Waals surface area contributed by atoms with E-state index in [9.17, 15) is 23.2 Å². The molecule has 1 saturated heterocycles. The Morgan fingerprint density at radius 3 is 2.45 bits per heavy atom. The van der Waals surface area contributed by atoms with Gasteiger partial charge in [0.1, 0.15) is 11.5 Å². The van der Waals surface area contributed by atoms with E-state index < -0.39 is 23.6 Å². The van der Waals surface area contributed by atoms with Crippen molar-refractivity contribution in [1.29, 1.82) is 0 Å². The summed E-state index contributed by atoms with van der Waals surface area (Å²) in [6, 6.07) is 9.35. The fourth-order valence-electron chi connectivity index (χ4n) is 3.76. The maximum absolute atomic E-state index is 14.8. The molecule has 10 nitrogen and oxygen atoms in total. The molecule has 0 unspecified atom stereocenters. The molecular formula is C26H26F2N6O4. The molecule has 1 aliphatic rings. The molecule has 5 amide bonds. The number of halogens is 2. The monoisotopic (exact) mass is 524 g/mol. The van der Waals surface area contributed by atoms with Crippen molar-refractivity contribution in [3.05, 3.63) is 78.1 Å². The molecule has 5 N–H and O–H groups in total. The lowest BCUT2D eigenvalue weighted by Gasteiger charge is -2.30. The zero-order chi connectivity index (χ0) is 27.1. The van der Waals surface area contributed by atoms with Gasteiger partial charge in [-0.2, -0.15) is 0 Å². The van der Waals surface area contributed by atoms with Crippen LogP contribution in [0.2, 0.25) is 0 Å². The number of hydrogen-bond acceptors (Lipinski definition) is 6. The first kappa shape index (κ1) is 26.5. The minimum atomic E-state index is -0.858. The first-order valence-corrected chi connectivity index (χ1v) is 11.8. The molecule has 1 aromatic heterocycles. The van der Waals surface area contributed by atoms with E-state index in [-0.39, 0.29) is 41.4 Å². The molecule has 0 bridgehead atoms. The molecule has 38 heavy (non-hydrogen) atoms. The van der Waals surface area contributed by atoms with E-state index in [1.807, 2.05) is 0 Å². The lowest BCUT2D eigenvalue weighted by Crippen LogP contribution is -2.44. The average Bonchev–Trinajstić information content (AvgIpc) is 2.88. The lowest BCUT2D eigenvalue weighted by molar-refractivity contribution is -0.119. The van der Waals surface area contributed by atoms with E-state index in [1.54, 1.807) is 4.90 Å². The summed E-state index contributed by atoms with van der Waals surface area (Å²) < 4.78 is 33.4. The van der Waals surface area contributed by atoms with Crippen molar-refractivity contribution in [2.24, 2.45) is 5.73 Å². The van der Waals surface area contributed by atoms with Crippen LogP contribution >= 0.6 is 0 Å². The Balaban J connectivity index is 1.34. The number of nitrogens with zero attached hydrogens (tertiary/aromatic N) is 2. The van der Waals surface area contributed by atoms with Crippen molar-refractivity contribution in [3.8, 4) is 11.5 Å². The summed E-state index contributed by atoms with van der Waals surface area (Å²) >= 11 is 0. The van der Waals surface area contributed by atoms with E-state index in [2.05, 4.69) is 20.9 Å². The summed E-state index contributed by atoms with van der Waals surface area (Å²) in [6.07, 6.45) is 4.10. The summed E-state index contributed by atoms with van der Waals surface area (Å²) in [5, 5.41) is 7.23. The van der Waals surface area contributed by atoms with E-state index in [1.165, 1.54) is 54.9 Å². The van der Waals surface area contributed by atoms with Crippen LogP contribution in [-0.4, -0.2) is 47.0 Å². The Morgan fingerprint density at radius 2 is 1.74 bits per heavy atom. The number of likely N-dealkylation sites (tertiary alicyclic amines) is 1. The number of benzene rings is 2. The van der Waals surface area contributed by atoms with Crippen LogP contribution in [0.25, 0.3) is 0 Å². The van der Waals surface area contributed by atoms with Gasteiger partial charge in [0.15, 0.2) is 17.3 Å². The standard InChI is InChI=1S/C26H26F2N6O4/c27-17-3-1-16(2-4-17)13-24(35)33-25(36)31-19-5-6-22(20(28)14-19)38-23-7-10-30-15-21(23)32-26(37)34-11-8-18(29)9-12-34/h1-7,10,14-15,18H,8-9,11-13,29H2,(H,32,37)(H2,31,33,35,36). The fraction of sp³-hybridized carbons (Fsp3) is 0.231. The number of nitrogens with two attached hydrogens (primary N) is 1. The molecule has 1 fully saturated rings. The number of aromatic nitrogens is 1. The van der Waals surface area contributed by atoms with Crippen LogP contribution in [0.15, 0.2) is 60.9 Å². The normalized spacial score (nSPS) is 13.5. The van der Waals surface area contributed by atoms with Crippen LogP contribution in [0, 0.1) is 11.6 Å².